The molecule has 3 heterocycles. The summed E-state index contributed by atoms with van der Waals surface area (Å²) in [5.74, 6) is 2.77. The van der Waals surface area contributed by atoms with E-state index in [2.05, 4.69) is 68.8 Å². The lowest BCUT2D eigenvalue weighted by molar-refractivity contribution is 0.641. The Hall–Kier alpha value is -3.15. The van der Waals surface area contributed by atoms with Crippen LogP contribution in [-0.4, -0.2) is 47.7 Å². The number of hydrogen-bond donors (Lipinski definition) is 0. The first-order chi connectivity index (χ1) is 13.7. The largest absolute Gasteiger partial charge is 0.353 e. The van der Waals surface area contributed by atoms with Gasteiger partial charge in [0.2, 0.25) is 5.95 Å². The van der Waals surface area contributed by atoms with Gasteiger partial charge >= 0.3 is 0 Å². The third kappa shape index (κ3) is 3.91. The van der Waals surface area contributed by atoms with Crippen LogP contribution in [0.15, 0.2) is 60.9 Å². The third-order valence-electron chi connectivity index (χ3n) is 5.08. The predicted molar refractivity (Wildman–Crippen MR) is 115 cm³/mol. The Bertz CT molecular complexity index is 906. The molecule has 0 radical (unpaired) electrons. The zero-order valence-electron chi connectivity index (χ0n) is 16.5. The van der Waals surface area contributed by atoms with Gasteiger partial charge in [-0.15, -0.1) is 0 Å². The number of benzene rings is 1. The van der Waals surface area contributed by atoms with Gasteiger partial charge in [0, 0.05) is 50.8 Å². The summed E-state index contributed by atoms with van der Waals surface area (Å²) in [5.41, 5.74) is 2.36. The number of nitrogens with zero attached hydrogens (tertiary/aromatic N) is 6. The van der Waals surface area contributed by atoms with Crippen molar-refractivity contribution in [2.75, 3.05) is 47.4 Å². The molecule has 0 N–H and O–H groups in total. The Kier molecular flexibility index (Phi) is 5.37. The molecule has 0 aliphatic carbocycles. The van der Waals surface area contributed by atoms with E-state index >= 15 is 0 Å². The lowest BCUT2D eigenvalue weighted by atomic mass is 10.2. The first-order valence-electron chi connectivity index (χ1n) is 9.83. The van der Waals surface area contributed by atoms with Crippen LogP contribution < -0.4 is 14.7 Å². The first-order valence-corrected chi connectivity index (χ1v) is 9.83. The summed E-state index contributed by atoms with van der Waals surface area (Å²) < 4.78 is 0. The van der Waals surface area contributed by atoms with E-state index in [1.54, 1.807) is 0 Å². The number of anilines is 4. The van der Waals surface area contributed by atoms with E-state index in [1.807, 2.05) is 30.6 Å². The summed E-state index contributed by atoms with van der Waals surface area (Å²) in [7, 11) is 0. The Balaban J connectivity index is 1.50. The first kappa shape index (κ1) is 18.2. The molecule has 4 rings (SSSR count). The van der Waals surface area contributed by atoms with E-state index in [0.29, 0.717) is 0 Å². The quantitative estimate of drug-likeness (QED) is 0.679. The fraction of sp³-hybridized carbons (Fsp3) is 0.318. The van der Waals surface area contributed by atoms with Gasteiger partial charge in [-0.25, -0.2) is 9.97 Å². The third-order valence-corrected chi connectivity index (χ3v) is 5.08. The minimum Gasteiger partial charge on any atom is -0.353 e. The maximum atomic E-state index is 4.88. The van der Waals surface area contributed by atoms with E-state index in [0.717, 1.165) is 56.0 Å². The van der Waals surface area contributed by atoms with E-state index in [-0.39, 0.29) is 0 Å². The van der Waals surface area contributed by atoms with Crippen LogP contribution in [0.5, 0.6) is 0 Å². The summed E-state index contributed by atoms with van der Waals surface area (Å²) in [6.07, 6.45) is 3.71. The molecule has 6 nitrogen and oxygen atoms in total. The zero-order chi connectivity index (χ0) is 19.3. The molecule has 0 amide bonds. The predicted octanol–water partition coefficient (Wildman–Crippen LogP) is 3.66. The zero-order valence-corrected chi connectivity index (χ0v) is 16.5. The van der Waals surface area contributed by atoms with E-state index < -0.39 is 0 Å². The van der Waals surface area contributed by atoms with Gasteiger partial charge < -0.3 is 14.7 Å². The van der Waals surface area contributed by atoms with Crippen molar-refractivity contribution >= 4 is 23.3 Å². The summed E-state index contributed by atoms with van der Waals surface area (Å²) in [5, 5.41) is 0. The van der Waals surface area contributed by atoms with Crippen LogP contribution in [0, 0.1) is 6.92 Å². The molecule has 3 aromatic rings. The summed E-state index contributed by atoms with van der Waals surface area (Å²) in [6, 6.07) is 16.5. The van der Waals surface area contributed by atoms with Crippen molar-refractivity contribution in [2.24, 2.45) is 0 Å². The molecule has 1 aromatic carbocycles. The molecule has 1 saturated heterocycles. The average molecular weight is 374 g/mol. The van der Waals surface area contributed by atoms with Crippen LogP contribution in [-0.2, 0) is 0 Å². The highest BCUT2D eigenvalue weighted by atomic mass is 15.3. The van der Waals surface area contributed by atoms with Gasteiger partial charge in [-0.3, -0.25) is 0 Å². The van der Waals surface area contributed by atoms with Crippen LogP contribution in [0.2, 0.25) is 0 Å². The topological polar surface area (TPSA) is 48.4 Å². The SMILES string of the molecule is CCN(c1cccc(C)c1)c1nccc(N2CCN(c3ccccn3)CC2)n1. The Morgan fingerprint density at radius 1 is 0.857 bits per heavy atom. The molecule has 0 bridgehead atoms. The number of aryl methyl sites for hydroxylation is 1. The highest BCUT2D eigenvalue weighted by Crippen LogP contribution is 2.25. The number of aromatic nitrogens is 3. The van der Waals surface area contributed by atoms with Crippen molar-refractivity contribution in [3.63, 3.8) is 0 Å². The normalized spacial score (nSPS) is 14.2. The van der Waals surface area contributed by atoms with Gasteiger partial charge in [0.05, 0.1) is 0 Å². The molecular formula is C22H26N6. The molecule has 1 aliphatic heterocycles. The Morgan fingerprint density at radius 2 is 1.64 bits per heavy atom. The molecule has 0 saturated carbocycles. The van der Waals surface area contributed by atoms with Gasteiger partial charge in [0.15, 0.2) is 0 Å². The smallest absolute Gasteiger partial charge is 0.231 e. The van der Waals surface area contributed by atoms with Crippen LogP contribution in [0.4, 0.5) is 23.3 Å². The van der Waals surface area contributed by atoms with Crippen molar-refractivity contribution in [3.05, 3.63) is 66.5 Å². The number of hydrogen-bond acceptors (Lipinski definition) is 6. The maximum Gasteiger partial charge on any atom is 0.231 e. The van der Waals surface area contributed by atoms with Crippen LogP contribution >= 0.6 is 0 Å². The second kappa shape index (κ2) is 8.25. The second-order valence-corrected chi connectivity index (χ2v) is 6.96. The second-order valence-electron chi connectivity index (χ2n) is 6.96. The maximum absolute atomic E-state index is 4.88. The van der Waals surface area contributed by atoms with Crippen molar-refractivity contribution in [1.82, 2.24) is 15.0 Å². The van der Waals surface area contributed by atoms with Gasteiger partial charge in [-0.1, -0.05) is 18.2 Å². The number of pyridine rings is 1. The number of piperazine rings is 1. The molecule has 6 heteroatoms. The lowest BCUT2D eigenvalue weighted by Crippen LogP contribution is -2.47. The van der Waals surface area contributed by atoms with Crippen LogP contribution in [0.1, 0.15) is 12.5 Å². The van der Waals surface area contributed by atoms with Gasteiger partial charge in [0.1, 0.15) is 11.6 Å². The monoisotopic (exact) mass is 374 g/mol. The Morgan fingerprint density at radius 3 is 2.32 bits per heavy atom. The minimum absolute atomic E-state index is 0.748. The van der Waals surface area contributed by atoms with Crippen molar-refractivity contribution < 1.29 is 0 Å². The highest BCUT2D eigenvalue weighted by Gasteiger charge is 2.20. The summed E-state index contributed by atoms with van der Waals surface area (Å²) in [4.78, 5) is 20.7. The molecule has 0 unspecified atom stereocenters. The molecule has 1 fully saturated rings. The summed E-state index contributed by atoms with van der Waals surface area (Å²) >= 11 is 0. The van der Waals surface area contributed by atoms with Crippen molar-refractivity contribution in [3.8, 4) is 0 Å². The standard InChI is InChI=1S/C22H26N6/c1-3-28(19-8-6-7-18(2)17-19)22-24-12-10-21(25-22)27-15-13-26(14-16-27)20-9-4-5-11-23-20/h4-12,17H,3,13-16H2,1-2H3. The van der Waals surface area contributed by atoms with Gasteiger partial charge in [0.25, 0.3) is 0 Å². The number of rotatable bonds is 5. The molecule has 28 heavy (non-hydrogen) atoms. The average Bonchev–Trinajstić information content (AvgIpc) is 2.75. The van der Waals surface area contributed by atoms with Crippen molar-refractivity contribution in [2.45, 2.75) is 13.8 Å². The minimum atomic E-state index is 0.748. The molecule has 2 aromatic heterocycles. The fourth-order valence-electron chi connectivity index (χ4n) is 3.59. The van der Waals surface area contributed by atoms with Gasteiger partial charge in [-0.05, 0) is 49.7 Å². The highest BCUT2D eigenvalue weighted by molar-refractivity contribution is 5.59. The summed E-state index contributed by atoms with van der Waals surface area (Å²) in [6.45, 7) is 8.77. The molecule has 0 spiro atoms. The lowest BCUT2D eigenvalue weighted by Gasteiger charge is -2.36. The fourth-order valence-corrected chi connectivity index (χ4v) is 3.59. The Labute approximate surface area is 166 Å². The van der Waals surface area contributed by atoms with Crippen LogP contribution in [0.25, 0.3) is 0 Å². The molecule has 0 atom stereocenters. The van der Waals surface area contributed by atoms with E-state index in [1.165, 1.54) is 5.56 Å². The van der Waals surface area contributed by atoms with Crippen LogP contribution in [0.3, 0.4) is 0 Å². The molecule has 144 valence electrons. The molecular weight excluding hydrogens is 348 g/mol. The molecule has 1 aliphatic rings. The van der Waals surface area contributed by atoms with Crippen molar-refractivity contribution in [1.29, 1.82) is 0 Å². The van der Waals surface area contributed by atoms with Gasteiger partial charge in [-0.2, -0.15) is 4.98 Å². The van der Waals surface area contributed by atoms with E-state index in [4.69, 9.17) is 4.98 Å². The van der Waals surface area contributed by atoms with E-state index in [9.17, 15) is 0 Å².